The van der Waals surface area contributed by atoms with E-state index in [4.69, 9.17) is 2.74 Å². The van der Waals surface area contributed by atoms with Gasteiger partial charge in [0.15, 0.2) is 0 Å². The second-order valence-electron chi connectivity index (χ2n) is 4.56. The van der Waals surface area contributed by atoms with Crippen LogP contribution in [0.2, 0.25) is 0 Å². The lowest BCUT2D eigenvalue weighted by molar-refractivity contribution is -0.128. The molecule has 0 spiro atoms. The molecule has 2 aliphatic carbocycles. The van der Waals surface area contributed by atoms with E-state index in [9.17, 15) is 4.79 Å². The van der Waals surface area contributed by atoms with Gasteiger partial charge in [0.05, 0.1) is 0 Å². The van der Waals surface area contributed by atoms with Crippen molar-refractivity contribution in [3.63, 3.8) is 0 Å². The summed E-state index contributed by atoms with van der Waals surface area (Å²) in [5, 5.41) is 0. The van der Waals surface area contributed by atoms with E-state index in [1.54, 1.807) is 0 Å². The topological polar surface area (TPSA) is 17.1 Å². The Balaban J connectivity index is 2.49. The Labute approximate surface area is 71.0 Å². The van der Waals surface area contributed by atoms with Gasteiger partial charge in [0, 0.05) is 14.6 Å². The van der Waals surface area contributed by atoms with Crippen LogP contribution in [0, 0.1) is 16.7 Å². The monoisotopic (exact) mass is 154 g/mol. The van der Waals surface area contributed by atoms with Crippen molar-refractivity contribution in [3.05, 3.63) is 0 Å². The van der Waals surface area contributed by atoms with Crippen LogP contribution in [0.1, 0.15) is 42.7 Å². The Morgan fingerprint density at radius 2 is 2.36 bits per heavy atom. The molecule has 62 valence electrons. The third-order valence-corrected chi connectivity index (χ3v) is 3.99. The van der Waals surface area contributed by atoms with Crippen LogP contribution in [0.25, 0.3) is 0 Å². The van der Waals surface area contributed by atoms with E-state index in [0.29, 0.717) is 12.3 Å². The quantitative estimate of drug-likeness (QED) is 0.523. The molecule has 2 unspecified atom stereocenters. The number of Topliss-reactive ketones (excluding diaryl/α,β-unsaturated/α-hetero) is 1. The number of hydrogen-bond acceptors (Lipinski definition) is 1. The third-order valence-electron chi connectivity index (χ3n) is 3.99. The zero-order valence-electron chi connectivity index (χ0n) is 9.18. The van der Waals surface area contributed by atoms with Gasteiger partial charge in [0.25, 0.3) is 0 Å². The van der Waals surface area contributed by atoms with Gasteiger partial charge in [-0.3, -0.25) is 4.79 Å². The summed E-state index contributed by atoms with van der Waals surface area (Å²) in [7, 11) is 0. The Hall–Kier alpha value is -0.330. The normalized spacial score (nSPS) is 49.7. The van der Waals surface area contributed by atoms with Gasteiger partial charge in [-0.2, -0.15) is 0 Å². The molecule has 2 saturated carbocycles. The van der Waals surface area contributed by atoms with Crippen molar-refractivity contribution in [3.8, 4) is 0 Å². The van der Waals surface area contributed by atoms with E-state index >= 15 is 0 Å². The van der Waals surface area contributed by atoms with Crippen LogP contribution in [0.5, 0.6) is 0 Å². The third kappa shape index (κ3) is 0.605. The summed E-state index contributed by atoms with van der Waals surface area (Å²) in [4.78, 5) is 11.8. The molecule has 1 heteroatoms. The highest BCUT2D eigenvalue weighted by molar-refractivity contribution is 5.89. The minimum atomic E-state index is -0.984. The molecule has 0 N–H and O–H groups in total. The average molecular weight is 154 g/mol. The highest BCUT2D eigenvalue weighted by atomic mass is 16.1. The van der Waals surface area contributed by atoms with E-state index in [1.165, 1.54) is 0 Å². The molecule has 2 fully saturated rings. The molecule has 2 rings (SSSR count). The van der Waals surface area contributed by atoms with Gasteiger partial charge in [-0.05, 0) is 24.2 Å². The average Bonchev–Trinajstić information content (AvgIpc) is 2.35. The van der Waals surface area contributed by atoms with Crippen molar-refractivity contribution in [2.75, 3.05) is 0 Å². The molecule has 2 atom stereocenters. The van der Waals surface area contributed by atoms with Crippen LogP contribution < -0.4 is 0 Å². The van der Waals surface area contributed by atoms with Gasteiger partial charge in [0.2, 0.25) is 0 Å². The molecule has 0 aliphatic heterocycles. The van der Waals surface area contributed by atoms with Crippen molar-refractivity contribution in [1.82, 2.24) is 0 Å². The van der Waals surface area contributed by atoms with E-state index < -0.39 is 12.3 Å². The first-order valence-corrected chi connectivity index (χ1v) is 4.31. The molecule has 0 amide bonds. The van der Waals surface area contributed by atoms with Crippen LogP contribution >= 0.6 is 0 Å². The summed E-state index contributed by atoms with van der Waals surface area (Å²) in [6.45, 7) is 3.14. The molecular weight excluding hydrogens is 136 g/mol. The predicted octanol–water partition coefficient (Wildman–Crippen LogP) is 2.40. The Bertz CT molecular complexity index is 260. The van der Waals surface area contributed by atoms with Gasteiger partial charge < -0.3 is 0 Å². The lowest BCUT2D eigenvalue weighted by atomic mass is 9.70. The van der Waals surface area contributed by atoms with Crippen LogP contribution in [0.3, 0.4) is 0 Å². The lowest BCUT2D eigenvalue weighted by Gasteiger charge is -2.32. The first kappa shape index (κ1) is 5.34. The summed E-state index contributed by atoms with van der Waals surface area (Å²) in [6.07, 6.45) is 2.41. The summed E-state index contributed by atoms with van der Waals surface area (Å²) >= 11 is 0. The smallest absolute Gasteiger partial charge is 0.139 e. The fourth-order valence-corrected chi connectivity index (χ4v) is 2.71. The van der Waals surface area contributed by atoms with Gasteiger partial charge in [-0.25, -0.2) is 0 Å². The van der Waals surface area contributed by atoms with Crippen LogP contribution in [0.15, 0.2) is 0 Å². The van der Waals surface area contributed by atoms with E-state index in [0.717, 1.165) is 12.8 Å². The second kappa shape index (κ2) is 1.70. The standard InChI is InChI=1S/C10H16O/c1-9(2)7-4-5-10(9,3)8(11)6-7/h7H,4-6H2,1-3H3/i3D2. The molecule has 0 aromatic carbocycles. The number of ketones is 1. The molecule has 11 heavy (non-hydrogen) atoms. The van der Waals surface area contributed by atoms with E-state index in [2.05, 4.69) is 13.8 Å². The van der Waals surface area contributed by atoms with E-state index in [1.807, 2.05) is 0 Å². The molecule has 0 radical (unpaired) electrons. The molecule has 0 heterocycles. The molecular formula is C10H16O. The van der Waals surface area contributed by atoms with Crippen molar-refractivity contribution >= 4 is 5.78 Å². The summed E-state index contributed by atoms with van der Waals surface area (Å²) < 4.78 is 15.2. The number of rotatable bonds is 0. The molecule has 2 bridgehead atoms. The maximum Gasteiger partial charge on any atom is 0.139 e. The molecule has 0 aromatic heterocycles. The summed E-state index contributed by atoms with van der Waals surface area (Å²) in [5.41, 5.74) is -0.754. The minimum Gasteiger partial charge on any atom is -0.299 e. The highest BCUT2D eigenvalue weighted by Crippen LogP contribution is 2.63. The zero-order chi connectivity index (χ0) is 9.85. The fourth-order valence-electron chi connectivity index (χ4n) is 2.71. The number of carbonyl (C=O) groups excluding carboxylic acids is 1. The van der Waals surface area contributed by atoms with Crippen LogP contribution in [-0.2, 0) is 4.79 Å². The fraction of sp³-hybridized carbons (Fsp3) is 0.900. The predicted molar refractivity (Wildman–Crippen MR) is 44.2 cm³/mol. The van der Waals surface area contributed by atoms with Crippen LogP contribution in [0.4, 0.5) is 0 Å². The van der Waals surface area contributed by atoms with Gasteiger partial charge in [-0.15, -0.1) is 0 Å². The first-order valence-electron chi connectivity index (χ1n) is 5.46. The number of fused-ring (bicyclic) bond motifs is 2. The van der Waals surface area contributed by atoms with Crippen molar-refractivity contribution in [2.24, 2.45) is 16.7 Å². The Kier molecular flexibility index (Phi) is 0.826. The second-order valence-corrected chi connectivity index (χ2v) is 4.56. The highest BCUT2D eigenvalue weighted by Gasteiger charge is 2.61. The van der Waals surface area contributed by atoms with Gasteiger partial charge in [0.1, 0.15) is 5.78 Å². The Morgan fingerprint density at radius 3 is 2.64 bits per heavy atom. The lowest BCUT2D eigenvalue weighted by Crippen LogP contribution is -2.32. The maximum atomic E-state index is 11.8. The largest absolute Gasteiger partial charge is 0.299 e. The zero-order valence-corrected chi connectivity index (χ0v) is 7.18. The summed E-state index contributed by atoms with van der Waals surface area (Å²) in [5.74, 6) is 0.599. The molecule has 0 aromatic rings. The van der Waals surface area contributed by atoms with E-state index in [-0.39, 0.29) is 11.2 Å². The van der Waals surface area contributed by atoms with Crippen molar-refractivity contribution < 1.29 is 7.54 Å². The number of hydrogen-bond donors (Lipinski definition) is 0. The Morgan fingerprint density at radius 1 is 1.64 bits per heavy atom. The van der Waals surface area contributed by atoms with Crippen molar-refractivity contribution in [2.45, 2.75) is 40.0 Å². The summed E-state index contributed by atoms with van der Waals surface area (Å²) in [6, 6.07) is 0. The number of carbonyl (C=O) groups is 1. The molecule has 0 saturated heterocycles. The van der Waals surface area contributed by atoms with Gasteiger partial charge >= 0.3 is 0 Å². The molecule has 2 aliphatic rings. The maximum absolute atomic E-state index is 11.8. The first-order chi connectivity index (χ1) is 5.93. The van der Waals surface area contributed by atoms with Crippen molar-refractivity contribution in [1.29, 1.82) is 0 Å². The molecule has 1 nitrogen and oxygen atoms in total. The minimum absolute atomic E-state index is 0.113. The van der Waals surface area contributed by atoms with Gasteiger partial charge in [-0.1, -0.05) is 20.7 Å². The van der Waals surface area contributed by atoms with Crippen LogP contribution in [-0.4, -0.2) is 5.78 Å². The SMILES string of the molecule is [2H]C([2H])C12CCC(CC1=O)C2(C)C.